The Kier molecular flexibility index (Phi) is 8.02. The average Bonchev–Trinajstić information content (AvgIpc) is 2.56. The Labute approximate surface area is 151 Å². The van der Waals surface area contributed by atoms with Crippen LogP contribution in [-0.4, -0.2) is 41.0 Å². The topological polar surface area (TPSA) is 130 Å². The number of Topliss-reactive ketones (excluding diaryl/α,β-unsaturated/α-hetero) is 1. The quantitative estimate of drug-likeness (QED) is 0.621. The second kappa shape index (κ2) is 9.50. The number of rotatable bonds is 5. The van der Waals surface area contributed by atoms with Gasteiger partial charge in [-0.1, -0.05) is 36.2 Å². The molecule has 7 nitrogen and oxygen atoms in total. The second-order valence-electron chi connectivity index (χ2n) is 5.81. The molecule has 1 aromatic rings. The molecule has 1 saturated carbocycles. The third kappa shape index (κ3) is 5.52. The third-order valence-corrected chi connectivity index (χ3v) is 4.48. The molecule has 1 aromatic carbocycles. The molecule has 0 aliphatic heterocycles. The molecule has 138 valence electrons. The third-order valence-electron chi connectivity index (χ3n) is 4.15. The van der Waals surface area contributed by atoms with Crippen LogP contribution in [0.5, 0.6) is 0 Å². The number of hydrogen-bond acceptors (Lipinski definition) is 5. The zero-order valence-corrected chi connectivity index (χ0v) is 14.8. The molecule has 25 heavy (non-hydrogen) atoms. The van der Waals surface area contributed by atoms with E-state index in [4.69, 9.17) is 27.5 Å². The molecule has 0 heterocycles. The summed E-state index contributed by atoms with van der Waals surface area (Å²) in [4.78, 5) is 31.8. The lowest BCUT2D eigenvalue weighted by Crippen LogP contribution is -2.49. The van der Waals surface area contributed by atoms with Gasteiger partial charge < -0.3 is 21.3 Å². The fourth-order valence-electron chi connectivity index (χ4n) is 2.80. The van der Waals surface area contributed by atoms with Gasteiger partial charge in [-0.3, -0.25) is 14.4 Å². The summed E-state index contributed by atoms with van der Waals surface area (Å²) < 4.78 is 0. The first kappa shape index (κ1) is 21.1. The van der Waals surface area contributed by atoms with Crippen molar-refractivity contribution in [3.05, 3.63) is 34.9 Å². The van der Waals surface area contributed by atoms with Crippen LogP contribution in [0.3, 0.4) is 0 Å². The first-order valence-corrected chi connectivity index (χ1v) is 8.29. The maximum absolute atomic E-state index is 12.2. The van der Waals surface area contributed by atoms with Crippen molar-refractivity contribution in [2.45, 2.75) is 43.7 Å². The number of halogens is 1. The molecule has 0 radical (unpaired) electrons. The van der Waals surface area contributed by atoms with Gasteiger partial charge in [0.05, 0.1) is 6.42 Å². The number of carboxylic acid groups (broad SMARTS) is 2. The van der Waals surface area contributed by atoms with E-state index in [0.717, 1.165) is 24.8 Å². The van der Waals surface area contributed by atoms with E-state index in [2.05, 4.69) is 5.32 Å². The Hall–Kier alpha value is -1.96. The number of nitrogens with one attached hydrogen (secondary N) is 1. The number of aliphatic carboxylic acids is 2. The number of carbonyl (C=O) groups is 3. The Balaban J connectivity index is 0.000000299. The summed E-state index contributed by atoms with van der Waals surface area (Å²) in [6, 6.07) is 6.33. The number of ketones is 1. The summed E-state index contributed by atoms with van der Waals surface area (Å²) in [6.07, 6.45) is 3.01. The van der Waals surface area contributed by atoms with Crippen molar-refractivity contribution in [3.8, 4) is 0 Å². The fourth-order valence-corrected chi connectivity index (χ4v) is 3.09. The van der Waals surface area contributed by atoms with Gasteiger partial charge in [0.15, 0.2) is 5.78 Å². The molecule has 1 aliphatic carbocycles. The number of carbonyl (C=O) groups excluding carboxylic acids is 1. The lowest BCUT2D eigenvalue weighted by Gasteiger charge is -2.36. The molecular formula is C17H23ClN2O5. The minimum Gasteiger partial charge on any atom is -0.481 e. The molecule has 0 bridgehead atoms. The number of hydrogen-bond donors (Lipinski definition) is 4. The van der Waals surface area contributed by atoms with E-state index in [-0.39, 0.29) is 5.78 Å². The Bertz CT molecular complexity index is 637. The van der Waals surface area contributed by atoms with Gasteiger partial charge in [-0.15, -0.1) is 0 Å². The van der Waals surface area contributed by atoms with Crippen molar-refractivity contribution >= 4 is 29.3 Å². The first-order valence-electron chi connectivity index (χ1n) is 7.92. The highest BCUT2D eigenvalue weighted by Crippen LogP contribution is 2.37. The molecule has 1 fully saturated rings. The van der Waals surface area contributed by atoms with Gasteiger partial charge in [0.25, 0.3) is 0 Å². The number of benzene rings is 1. The Morgan fingerprint density at radius 3 is 2.40 bits per heavy atom. The molecule has 0 saturated heterocycles. The van der Waals surface area contributed by atoms with Gasteiger partial charge in [-0.25, -0.2) is 0 Å². The van der Waals surface area contributed by atoms with Gasteiger partial charge >= 0.3 is 11.9 Å². The predicted octanol–water partition coefficient (Wildman–Crippen LogP) is 1.77. The van der Waals surface area contributed by atoms with Crippen molar-refractivity contribution in [2.24, 2.45) is 5.73 Å². The van der Waals surface area contributed by atoms with Crippen LogP contribution in [0.15, 0.2) is 24.3 Å². The fraction of sp³-hybridized carbons (Fsp3) is 0.471. The van der Waals surface area contributed by atoms with Crippen molar-refractivity contribution in [2.75, 3.05) is 7.05 Å². The zero-order valence-electron chi connectivity index (χ0n) is 14.0. The average molecular weight is 371 g/mol. The normalized spacial score (nSPS) is 21.0. The lowest BCUT2D eigenvalue weighted by atomic mass is 9.75. The van der Waals surface area contributed by atoms with Gasteiger partial charge in [0.2, 0.25) is 0 Å². The highest BCUT2D eigenvalue weighted by atomic mass is 35.5. The molecule has 8 heteroatoms. The van der Waals surface area contributed by atoms with Crippen LogP contribution in [0.25, 0.3) is 0 Å². The Morgan fingerprint density at radius 2 is 1.96 bits per heavy atom. The van der Waals surface area contributed by atoms with E-state index >= 15 is 0 Å². The Morgan fingerprint density at radius 1 is 1.32 bits per heavy atom. The van der Waals surface area contributed by atoms with Crippen LogP contribution >= 0.6 is 11.6 Å². The summed E-state index contributed by atoms with van der Waals surface area (Å²) in [6.45, 7) is 0. The van der Waals surface area contributed by atoms with Crippen molar-refractivity contribution in [1.82, 2.24) is 5.32 Å². The van der Waals surface area contributed by atoms with E-state index in [1.54, 1.807) is 0 Å². The van der Waals surface area contributed by atoms with Gasteiger partial charge in [0.1, 0.15) is 11.6 Å². The van der Waals surface area contributed by atoms with Crippen LogP contribution < -0.4 is 11.1 Å². The van der Waals surface area contributed by atoms with Gasteiger partial charge in [-0.2, -0.15) is 0 Å². The molecule has 2 atom stereocenters. The molecular weight excluding hydrogens is 348 g/mol. The van der Waals surface area contributed by atoms with E-state index in [1.807, 2.05) is 31.3 Å². The van der Waals surface area contributed by atoms with E-state index in [9.17, 15) is 14.4 Å². The molecule has 2 rings (SSSR count). The maximum Gasteiger partial charge on any atom is 0.321 e. The summed E-state index contributed by atoms with van der Waals surface area (Å²) in [5, 5.41) is 19.9. The maximum atomic E-state index is 12.2. The highest BCUT2D eigenvalue weighted by molar-refractivity contribution is 6.31. The van der Waals surface area contributed by atoms with Crippen molar-refractivity contribution in [1.29, 1.82) is 0 Å². The highest BCUT2D eigenvalue weighted by Gasteiger charge is 2.41. The number of carboxylic acids is 2. The van der Waals surface area contributed by atoms with Crippen LogP contribution in [0.4, 0.5) is 0 Å². The summed E-state index contributed by atoms with van der Waals surface area (Å²) in [7, 11) is 1.84. The molecule has 0 aromatic heterocycles. The van der Waals surface area contributed by atoms with Crippen molar-refractivity contribution in [3.63, 3.8) is 0 Å². The van der Waals surface area contributed by atoms with Crippen LogP contribution in [0.2, 0.25) is 5.02 Å². The van der Waals surface area contributed by atoms with Gasteiger partial charge in [0, 0.05) is 11.4 Å². The standard InChI is InChI=1S/C13H16ClNO.C4H7NO4/c1-15-13(9-5-4-8-12(13)16)10-6-2-3-7-11(10)14;5-2(4(8)9)1-3(6)7/h2-3,6-7,15H,4-5,8-9H2,1H3;2H,1,5H2,(H,6,7)(H,8,9). The molecule has 0 amide bonds. The van der Waals surface area contributed by atoms with E-state index in [1.165, 1.54) is 0 Å². The largest absolute Gasteiger partial charge is 0.481 e. The van der Waals surface area contributed by atoms with E-state index < -0.39 is 29.9 Å². The van der Waals surface area contributed by atoms with E-state index in [0.29, 0.717) is 11.4 Å². The molecule has 2 unspecified atom stereocenters. The molecule has 1 aliphatic rings. The SMILES string of the molecule is CNC1(c2ccccc2Cl)CCCCC1=O.NC(CC(=O)O)C(=O)O. The predicted molar refractivity (Wildman–Crippen MR) is 93.5 cm³/mol. The smallest absolute Gasteiger partial charge is 0.321 e. The first-order chi connectivity index (χ1) is 11.7. The lowest BCUT2D eigenvalue weighted by molar-refractivity contribution is -0.144. The minimum absolute atomic E-state index is 0.259. The minimum atomic E-state index is -1.29. The number of likely N-dealkylation sites (N-methyl/N-ethyl adjacent to an activating group) is 1. The molecule has 5 N–H and O–H groups in total. The van der Waals surface area contributed by atoms with Gasteiger partial charge in [-0.05, 0) is 31.5 Å². The number of nitrogens with two attached hydrogens (primary N) is 1. The molecule has 0 spiro atoms. The second-order valence-corrected chi connectivity index (χ2v) is 6.22. The van der Waals surface area contributed by atoms with Crippen LogP contribution in [0, 0.1) is 0 Å². The zero-order chi connectivity index (χ0) is 19.0. The monoisotopic (exact) mass is 370 g/mol. The summed E-state index contributed by atoms with van der Waals surface area (Å²) >= 11 is 6.20. The van der Waals surface area contributed by atoms with Crippen molar-refractivity contribution < 1.29 is 24.6 Å². The summed E-state index contributed by atoms with van der Waals surface area (Å²) in [5.41, 5.74) is 5.20. The van der Waals surface area contributed by atoms with Crippen LogP contribution in [0.1, 0.15) is 37.7 Å². The summed E-state index contributed by atoms with van der Waals surface area (Å²) in [5.74, 6) is -2.24. The van der Waals surface area contributed by atoms with Crippen LogP contribution in [-0.2, 0) is 19.9 Å².